The summed E-state index contributed by atoms with van der Waals surface area (Å²) in [5.41, 5.74) is 0.647. The second kappa shape index (κ2) is 5.13. The molecule has 3 rings (SSSR count). The smallest absolute Gasteiger partial charge is 0.0226 e. The van der Waals surface area contributed by atoms with Gasteiger partial charge in [0.05, 0.1) is 0 Å². The van der Waals surface area contributed by atoms with E-state index in [4.69, 9.17) is 0 Å². The van der Waals surface area contributed by atoms with Crippen LogP contribution in [0.25, 0.3) is 0 Å². The molecule has 0 bridgehead atoms. The lowest BCUT2D eigenvalue weighted by molar-refractivity contribution is 0.216. The van der Waals surface area contributed by atoms with Crippen LogP contribution >= 0.6 is 0 Å². The number of likely N-dealkylation sites (tertiary alicyclic amines) is 1. The lowest BCUT2D eigenvalue weighted by Gasteiger charge is -2.29. The molecule has 18 heavy (non-hydrogen) atoms. The van der Waals surface area contributed by atoms with Crippen molar-refractivity contribution in [3.8, 4) is 0 Å². The molecule has 3 atom stereocenters. The fraction of sp³-hybridized carbons (Fsp3) is 1.00. The van der Waals surface area contributed by atoms with Gasteiger partial charge in [-0.25, -0.2) is 0 Å². The van der Waals surface area contributed by atoms with E-state index >= 15 is 0 Å². The van der Waals surface area contributed by atoms with Gasteiger partial charge in [-0.1, -0.05) is 20.3 Å². The molecule has 104 valence electrons. The molecule has 3 fully saturated rings. The Hall–Kier alpha value is -0.0800. The molecule has 2 nitrogen and oxygen atoms in total. The third-order valence-corrected chi connectivity index (χ3v) is 6.35. The fourth-order valence-electron chi connectivity index (χ4n) is 4.79. The molecule has 0 spiro atoms. The third-order valence-electron chi connectivity index (χ3n) is 6.35. The van der Waals surface area contributed by atoms with E-state index in [1.807, 2.05) is 0 Å². The molecule has 0 radical (unpaired) electrons. The van der Waals surface area contributed by atoms with Gasteiger partial charge >= 0.3 is 0 Å². The Morgan fingerprint density at radius 1 is 1.22 bits per heavy atom. The molecule has 1 N–H and O–H groups in total. The quantitative estimate of drug-likeness (QED) is 0.825. The number of nitrogens with zero attached hydrogens (tertiary/aromatic N) is 1. The molecule has 2 heteroatoms. The minimum Gasteiger partial charge on any atom is -0.312 e. The van der Waals surface area contributed by atoms with Gasteiger partial charge in [0, 0.05) is 19.1 Å². The molecule has 3 unspecified atom stereocenters. The maximum absolute atomic E-state index is 3.81. The average Bonchev–Trinajstić information content (AvgIpc) is 3.07. The summed E-state index contributed by atoms with van der Waals surface area (Å²) < 4.78 is 0. The summed E-state index contributed by atoms with van der Waals surface area (Å²) in [5, 5.41) is 3.81. The van der Waals surface area contributed by atoms with Gasteiger partial charge in [0.1, 0.15) is 0 Å². The summed E-state index contributed by atoms with van der Waals surface area (Å²) in [7, 11) is 0. The highest BCUT2D eigenvalue weighted by atomic mass is 15.2. The van der Waals surface area contributed by atoms with Crippen molar-refractivity contribution in [1.82, 2.24) is 10.2 Å². The van der Waals surface area contributed by atoms with Crippen molar-refractivity contribution in [2.75, 3.05) is 26.2 Å². The van der Waals surface area contributed by atoms with E-state index in [-0.39, 0.29) is 0 Å². The Bertz CT molecular complexity index is 285. The van der Waals surface area contributed by atoms with Crippen LogP contribution in [-0.4, -0.2) is 37.1 Å². The van der Waals surface area contributed by atoms with Crippen molar-refractivity contribution in [2.24, 2.45) is 17.3 Å². The van der Waals surface area contributed by atoms with Gasteiger partial charge in [-0.2, -0.15) is 0 Å². The maximum atomic E-state index is 3.81. The zero-order valence-electron chi connectivity index (χ0n) is 12.3. The molecular formula is C16H30N2. The van der Waals surface area contributed by atoms with Crippen LogP contribution in [0, 0.1) is 17.3 Å². The van der Waals surface area contributed by atoms with Crippen molar-refractivity contribution in [3.63, 3.8) is 0 Å². The summed E-state index contributed by atoms with van der Waals surface area (Å²) in [5.74, 6) is 2.02. The highest BCUT2D eigenvalue weighted by Gasteiger charge is 2.41. The van der Waals surface area contributed by atoms with Crippen LogP contribution in [0.3, 0.4) is 0 Å². The fourth-order valence-corrected chi connectivity index (χ4v) is 4.79. The Labute approximate surface area is 113 Å². The monoisotopic (exact) mass is 250 g/mol. The van der Waals surface area contributed by atoms with Crippen molar-refractivity contribution in [1.29, 1.82) is 0 Å². The molecule has 2 aliphatic heterocycles. The van der Waals surface area contributed by atoms with Crippen LogP contribution in [0.2, 0.25) is 0 Å². The van der Waals surface area contributed by atoms with Gasteiger partial charge in [-0.05, 0) is 62.4 Å². The van der Waals surface area contributed by atoms with Crippen molar-refractivity contribution >= 4 is 0 Å². The predicted octanol–water partition coefficient (Wildman–Crippen LogP) is 2.89. The minimum atomic E-state index is 0.647. The summed E-state index contributed by atoms with van der Waals surface area (Å²) in [4.78, 5) is 2.76. The Balaban J connectivity index is 1.55. The van der Waals surface area contributed by atoms with Crippen molar-refractivity contribution in [3.05, 3.63) is 0 Å². The molecule has 0 aromatic rings. The Kier molecular flexibility index (Phi) is 3.68. The number of hydrogen-bond donors (Lipinski definition) is 1. The second-order valence-electron chi connectivity index (χ2n) is 7.06. The molecule has 0 aromatic heterocycles. The zero-order chi connectivity index (χ0) is 12.6. The van der Waals surface area contributed by atoms with Crippen LogP contribution in [0.1, 0.15) is 52.4 Å². The minimum absolute atomic E-state index is 0.647. The highest BCUT2D eigenvalue weighted by Crippen LogP contribution is 2.40. The Morgan fingerprint density at radius 3 is 2.78 bits per heavy atom. The highest BCUT2D eigenvalue weighted by molar-refractivity contribution is 4.97. The Morgan fingerprint density at radius 2 is 2.06 bits per heavy atom. The van der Waals surface area contributed by atoms with E-state index in [2.05, 4.69) is 24.1 Å². The SMILES string of the molecule is CCC1(CC)CCN(CC2NCC3CCCC32)C1. The first-order valence-corrected chi connectivity index (χ1v) is 8.22. The first-order valence-electron chi connectivity index (χ1n) is 8.22. The number of nitrogens with one attached hydrogen (secondary N) is 1. The maximum Gasteiger partial charge on any atom is 0.0226 e. The summed E-state index contributed by atoms with van der Waals surface area (Å²) >= 11 is 0. The summed E-state index contributed by atoms with van der Waals surface area (Å²) in [6.07, 6.45) is 8.63. The van der Waals surface area contributed by atoms with E-state index in [0.717, 1.165) is 17.9 Å². The van der Waals surface area contributed by atoms with Crippen LogP contribution < -0.4 is 5.32 Å². The van der Waals surface area contributed by atoms with E-state index in [9.17, 15) is 0 Å². The van der Waals surface area contributed by atoms with Crippen LogP contribution in [0.4, 0.5) is 0 Å². The first kappa shape index (κ1) is 12.9. The van der Waals surface area contributed by atoms with E-state index in [0.29, 0.717) is 5.41 Å². The topological polar surface area (TPSA) is 15.3 Å². The number of hydrogen-bond acceptors (Lipinski definition) is 2. The zero-order valence-corrected chi connectivity index (χ0v) is 12.3. The molecule has 1 saturated carbocycles. The first-order chi connectivity index (χ1) is 8.76. The van der Waals surface area contributed by atoms with Gasteiger partial charge < -0.3 is 10.2 Å². The molecule has 3 aliphatic rings. The van der Waals surface area contributed by atoms with E-state index in [1.165, 1.54) is 64.7 Å². The van der Waals surface area contributed by atoms with Crippen LogP contribution in [0.15, 0.2) is 0 Å². The van der Waals surface area contributed by atoms with Gasteiger partial charge in [-0.3, -0.25) is 0 Å². The molecule has 1 aliphatic carbocycles. The normalized spacial score (nSPS) is 39.3. The van der Waals surface area contributed by atoms with Gasteiger partial charge in [0.2, 0.25) is 0 Å². The number of rotatable bonds is 4. The summed E-state index contributed by atoms with van der Waals surface area (Å²) in [6.45, 7) is 10.1. The summed E-state index contributed by atoms with van der Waals surface area (Å²) in [6, 6.07) is 0.807. The lowest BCUT2D eigenvalue weighted by atomic mass is 9.82. The van der Waals surface area contributed by atoms with E-state index in [1.54, 1.807) is 0 Å². The molecular weight excluding hydrogens is 220 g/mol. The van der Waals surface area contributed by atoms with Gasteiger partial charge in [-0.15, -0.1) is 0 Å². The lowest BCUT2D eigenvalue weighted by Crippen LogP contribution is -2.40. The third kappa shape index (κ3) is 2.22. The largest absolute Gasteiger partial charge is 0.312 e. The molecule has 0 aromatic carbocycles. The van der Waals surface area contributed by atoms with Crippen LogP contribution in [-0.2, 0) is 0 Å². The van der Waals surface area contributed by atoms with Crippen LogP contribution in [0.5, 0.6) is 0 Å². The second-order valence-corrected chi connectivity index (χ2v) is 7.06. The molecule has 0 amide bonds. The van der Waals surface area contributed by atoms with Crippen molar-refractivity contribution in [2.45, 2.75) is 58.4 Å². The number of fused-ring (bicyclic) bond motifs is 1. The predicted molar refractivity (Wildman–Crippen MR) is 76.7 cm³/mol. The molecule has 2 heterocycles. The van der Waals surface area contributed by atoms with Gasteiger partial charge in [0.15, 0.2) is 0 Å². The standard InChI is InChI=1S/C16H30N2/c1-3-16(4-2)8-9-18(12-16)11-15-14-7-5-6-13(14)10-17-15/h13-15,17H,3-12H2,1-2H3. The van der Waals surface area contributed by atoms with Gasteiger partial charge in [0.25, 0.3) is 0 Å². The van der Waals surface area contributed by atoms with Crippen molar-refractivity contribution < 1.29 is 0 Å². The van der Waals surface area contributed by atoms with E-state index < -0.39 is 0 Å². The average molecular weight is 250 g/mol. The molecule has 2 saturated heterocycles.